The first kappa shape index (κ1) is 21.4. The van der Waals surface area contributed by atoms with Crippen molar-refractivity contribution >= 4 is 12.2 Å². The quantitative estimate of drug-likeness (QED) is 0.426. The Hall–Kier alpha value is -0.940. The Morgan fingerprint density at radius 3 is 2.23 bits per heavy atom. The van der Waals surface area contributed by atoms with Crippen molar-refractivity contribution in [1.29, 1.82) is 0 Å². The maximum Gasteiger partial charge on any atom is 0.247 e. The number of fused-ring (bicyclic) bond motifs is 2. The monoisotopic (exact) mass is 367 g/mol. The molecule has 2 N–H and O–H groups in total. The molecule has 2 aliphatic carbocycles. The molecule has 0 aromatic rings. The Balaban J connectivity index is 2.04. The second-order valence-corrected chi connectivity index (χ2v) is 10.9. The lowest BCUT2D eigenvalue weighted by atomic mass is 9.61. The molecule has 5 heteroatoms. The molecule has 0 aliphatic heterocycles. The summed E-state index contributed by atoms with van der Waals surface area (Å²) in [6, 6.07) is 0. The number of aldehydes is 1. The first-order valence-electron chi connectivity index (χ1n) is 9.89. The number of rotatable bonds is 6. The van der Waals surface area contributed by atoms with Crippen LogP contribution in [0, 0.1) is 39.9 Å². The molecule has 6 unspecified atom stereocenters. The van der Waals surface area contributed by atoms with Gasteiger partial charge >= 0.3 is 0 Å². The molecule has 2 aliphatic rings. The lowest BCUT2D eigenvalue weighted by Gasteiger charge is -2.47. The van der Waals surface area contributed by atoms with Gasteiger partial charge in [0.05, 0.1) is 5.92 Å². The predicted molar refractivity (Wildman–Crippen MR) is 101 cm³/mol. The van der Waals surface area contributed by atoms with Gasteiger partial charge in [0, 0.05) is 11.3 Å². The molecule has 6 atom stereocenters. The van der Waals surface area contributed by atoms with E-state index in [0.717, 1.165) is 32.0 Å². The van der Waals surface area contributed by atoms with Gasteiger partial charge in [-0.2, -0.15) is 0 Å². The van der Waals surface area contributed by atoms with Crippen molar-refractivity contribution < 1.29 is 19.5 Å². The number of amides is 1. The minimum Gasteiger partial charge on any atom is -0.366 e. The number of nitrogens with one attached hydrogen (secondary N) is 1. The van der Waals surface area contributed by atoms with Gasteiger partial charge in [0.1, 0.15) is 6.29 Å². The first-order chi connectivity index (χ1) is 11.8. The molecule has 1 amide bonds. The molecule has 0 saturated heterocycles. The second-order valence-electron chi connectivity index (χ2n) is 10.9. The molecular weight excluding hydrogens is 330 g/mol. The summed E-state index contributed by atoms with van der Waals surface area (Å²) in [6.07, 6.45) is 3.54. The standard InChI is InChI=1S/C21H37NO4/c1-19(2,3)12-21(7,20(4,5)6)18(25)26-22-17(24)16-14-9-8-13(10-14)15(16)11-23/h11,13-16,18,25H,8-10,12H2,1-7H3,(H,22,24). The smallest absolute Gasteiger partial charge is 0.247 e. The van der Waals surface area contributed by atoms with E-state index in [2.05, 4.69) is 47.0 Å². The van der Waals surface area contributed by atoms with Crippen molar-refractivity contribution in [3.8, 4) is 0 Å². The van der Waals surface area contributed by atoms with Crippen LogP contribution in [0.1, 0.15) is 74.1 Å². The molecule has 2 fully saturated rings. The summed E-state index contributed by atoms with van der Waals surface area (Å²) in [4.78, 5) is 29.6. The number of hydrogen-bond acceptors (Lipinski definition) is 4. The number of aliphatic hydroxyl groups excluding tert-OH is 1. The molecule has 0 spiro atoms. The molecule has 0 aromatic carbocycles. The molecule has 2 bridgehead atoms. The second kappa shape index (κ2) is 7.23. The third-order valence-electron chi connectivity index (χ3n) is 6.87. The van der Waals surface area contributed by atoms with Crippen molar-refractivity contribution in [3.63, 3.8) is 0 Å². The van der Waals surface area contributed by atoms with Crippen LogP contribution in [0.3, 0.4) is 0 Å². The summed E-state index contributed by atoms with van der Waals surface area (Å²) in [5.74, 6) is -0.196. The molecule has 0 aromatic heterocycles. The van der Waals surface area contributed by atoms with Crippen molar-refractivity contribution in [1.82, 2.24) is 5.48 Å². The minimum absolute atomic E-state index is 0.00357. The maximum atomic E-state index is 12.7. The number of hydroxylamine groups is 1. The van der Waals surface area contributed by atoms with Crippen LogP contribution in [0.5, 0.6) is 0 Å². The Kier molecular flexibility index (Phi) is 5.94. The molecule has 2 saturated carbocycles. The highest BCUT2D eigenvalue weighted by atomic mass is 16.7. The fraction of sp³-hybridized carbons (Fsp3) is 0.905. The van der Waals surface area contributed by atoms with Gasteiger partial charge in [-0.05, 0) is 48.3 Å². The van der Waals surface area contributed by atoms with Gasteiger partial charge in [0.2, 0.25) is 5.91 Å². The van der Waals surface area contributed by atoms with Gasteiger partial charge in [-0.15, -0.1) is 0 Å². The van der Waals surface area contributed by atoms with Crippen molar-refractivity contribution in [3.05, 3.63) is 0 Å². The van der Waals surface area contributed by atoms with E-state index in [1.165, 1.54) is 0 Å². The lowest BCUT2D eigenvalue weighted by molar-refractivity contribution is -0.240. The summed E-state index contributed by atoms with van der Waals surface area (Å²) >= 11 is 0. The largest absolute Gasteiger partial charge is 0.366 e. The molecular formula is C21H37NO4. The van der Waals surface area contributed by atoms with Crippen LogP contribution in [0.4, 0.5) is 0 Å². The summed E-state index contributed by atoms with van der Waals surface area (Å²) in [5, 5.41) is 10.8. The molecule has 5 nitrogen and oxygen atoms in total. The first-order valence-corrected chi connectivity index (χ1v) is 9.89. The average molecular weight is 368 g/mol. The van der Waals surface area contributed by atoms with Crippen LogP contribution >= 0.6 is 0 Å². The number of aliphatic hydroxyl groups is 1. The Morgan fingerprint density at radius 1 is 1.15 bits per heavy atom. The zero-order valence-corrected chi connectivity index (χ0v) is 17.5. The van der Waals surface area contributed by atoms with Gasteiger partial charge in [-0.25, -0.2) is 10.3 Å². The van der Waals surface area contributed by atoms with E-state index in [1.54, 1.807) is 0 Å². The summed E-state index contributed by atoms with van der Waals surface area (Å²) in [6.45, 7) is 14.6. The van der Waals surface area contributed by atoms with Gasteiger partial charge in [0.25, 0.3) is 0 Å². The van der Waals surface area contributed by atoms with Crippen molar-refractivity contribution in [2.75, 3.05) is 0 Å². The van der Waals surface area contributed by atoms with E-state index < -0.39 is 11.7 Å². The predicted octanol–water partition coefficient (Wildman–Crippen LogP) is 3.70. The molecule has 26 heavy (non-hydrogen) atoms. The van der Waals surface area contributed by atoms with Crippen molar-refractivity contribution in [2.24, 2.45) is 39.9 Å². The number of carbonyl (C=O) groups is 2. The van der Waals surface area contributed by atoms with Crippen LogP contribution in [-0.4, -0.2) is 23.6 Å². The van der Waals surface area contributed by atoms with Gasteiger partial charge in [-0.1, -0.05) is 48.5 Å². The van der Waals surface area contributed by atoms with E-state index in [0.29, 0.717) is 5.92 Å². The van der Waals surface area contributed by atoms with Crippen LogP contribution in [0.2, 0.25) is 0 Å². The van der Waals surface area contributed by atoms with Gasteiger partial charge < -0.3 is 9.90 Å². The fourth-order valence-corrected chi connectivity index (χ4v) is 5.06. The highest BCUT2D eigenvalue weighted by Gasteiger charge is 2.51. The van der Waals surface area contributed by atoms with Crippen LogP contribution < -0.4 is 5.48 Å². The fourth-order valence-electron chi connectivity index (χ4n) is 5.06. The van der Waals surface area contributed by atoms with E-state index in [9.17, 15) is 14.7 Å². The maximum absolute atomic E-state index is 12.7. The summed E-state index contributed by atoms with van der Waals surface area (Å²) in [5.41, 5.74) is 1.73. The van der Waals surface area contributed by atoms with Gasteiger partial charge in [0.15, 0.2) is 6.29 Å². The normalized spacial score (nSPS) is 32.2. The Morgan fingerprint density at radius 2 is 1.73 bits per heavy atom. The highest BCUT2D eigenvalue weighted by molar-refractivity contribution is 5.82. The topological polar surface area (TPSA) is 75.6 Å². The number of hydrogen-bond donors (Lipinski definition) is 2. The molecule has 2 rings (SSSR count). The van der Waals surface area contributed by atoms with E-state index in [-0.39, 0.29) is 34.5 Å². The lowest BCUT2D eigenvalue weighted by Crippen LogP contribution is -2.50. The zero-order valence-electron chi connectivity index (χ0n) is 17.5. The van der Waals surface area contributed by atoms with Crippen LogP contribution in [0.15, 0.2) is 0 Å². The van der Waals surface area contributed by atoms with E-state index in [1.807, 2.05) is 6.92 Å². The number of carbonyl (C=O) groups excluding carboxylic acids is 2. The molecule has 0 radical (unpaired) electrons. The third-order valence-corrected chi connectivity index (χ3v) is 6.87. The average Bonchev–Trinajstić information content (AvgIpc) is 3.09. The van der Waals surface area contributed by atoms with E-state index in [4.69, 9.17) is 4.84 Å². The Bertz CT molecular complexity index is 533. The minimum atomic E-state index is -1.13. The molecule has 0 heterocycles. The van der Waals surface area contributed by atoms with Crippen molar-refractivity contribution in [2.45, 2.75) is 80.4 Å². The van der Waals surface area contributed by atoms with Crippen LogP contribution in [-0.2, 0) is 14.4 Å². The summed E-state index contributed by atoms with van der Waals surface area (Å²) in [7, 11) is 0. The van der Waals surface area contributed by atoms with E-state index >= 15 is 0 Å². The molecule has 150 valence electrons. The summed E-state index contributed by atoms with van der Waals surface area (Å²) < 4.78 is 0. The SMILES string of the molecule is CC(C)(C)CC(C)(C(O)ONC(=O)C1C2CCC(C2)C1C=O)C(C)(C)C. The van der Waals surface area contributed by atoms with Gasteiger partial charge in [-0.3, -0.25) is 4.79 Å². The third kappa shape index (κ3) is 4.14. The zero-order chi connectivity index (χ0) is 19.9. The Labute approximate surface area is 158 Å². The highest BCUT2D eigenvalue weighted by Crippen LogP contribution is 2.52. The van der Waals surface area contributed by atoms with Crippen LogP contribution in [0.25, 0.3) is 0 Å².